The highest BCUT2D eigenvalue weighted by molar-refractivity contribution is 14.1. The average Bonchev–Trinajstić information content (AvgIpc) is 2.67. The van der Waals surface area contributed by atoms with E-state index in [-0.39, 0.29) is 10.5 Å². The van der Waals surface area contributed by atoms with E-state index in [1.807, 2.05) is 22.6 Å². The fourth-order valence-electron chi connectivity index (χ4n) is 2.05. The van der Waals surface area contributed by atoms with Crippen molar-refractivity contribution in [2.24, 2.45) is 0 Å². The Kier molecular flexibility index (Phi) is 4.43. The molecule has 0 bridgehead atoms. The molecule has 8 heteroatoms. The summed E-state index contributed by atoms with van der Waals surface area (Å²) in [5, 5.41) is 19.2. The minimum atomic E-state index is -0.925. The molecular weight excluding hydrogens is 367 g/mol. The summed E-state index contributed by atoms with van der Waals surface area (Å²) in [5.74, 6) is 0. The van der Waals surface area contributed by atoms with Crippen molar-refractivity contribution in [3.8, 4) is 0 Å². The number of aromatic nitrogens is 2. The van der Waals surface area contributed by atoms with E-state index >= 15 is 0 Å². The maximum absolute atomic E-state index is 11.8. The first-order valence-corrected chi connectivity index (χ1v) is 7.17. The highest BCUT2D eigenvalue weighted by Gasteiger charge is 2.43. The molecular formula is C11H15IN2O5. The van der Waals surface area contributed by atoms with Gasteiger partial charge in [-0.25, -0.2) is 4.79 Å². The van der Waals surface area contributed by atoms with Crippen LogP contribution in [-0.2, 0) is 11.2 Å². The number of ether oxygens (including phenoxy) is 1. The molecule has 3 N–H and O–H groups in total. The number of halogens is 1. The van der Waals surface area contributed by atoms with Gasteiger partial charge in [-0.15, -0.1) is 0 Å². The molecule has 1 fully saturated rings. The van der Waals surface area contributed by atoms with Crippen molar-refractivity contribution in [2.75, 3.05) is 6.61 Å². The molecule has 1 aromatic heterocycles. The van der Waals surface area contributed by atoms with Gasteiger partial charge >= 0.3 is 5.69 Å². The first-order valence-electron chi connectivity index (χ1n) is 5.92. The van der Waals surface area contributed by atoms with E-state index in [2.05, 4.69) is 4.98 Å². The van der Waals surface area contributed by atoms with Gasteiger partial charge in [-0.1, -0.05) is 29.5 Å². The molecule has 0 spiro atoms. The highest BCUT2D eigenvalue weighted by atomic mass is 127. The van der Waals surface area contributed by atoms with Crippen LogP contribution in [0.4, 0.5) is 0 Å². The zero-order valence-electron chi connectivity index (χ0n) is 10.2. The second-order valence-electron chi connectivity index (χ2n) is 4.36. The summed E-state index contributed by atoms with van der Waals surface area (Å²) in [7, 11) is 0. The highest BCUT2D eigenvalue weighted by Crippen LogP contribution is 2.33. The van der Waals surface area contributed by atoms with Crippen molar-refractivity contribution >= 4 is 22.6 Å². The maximum atomic E-state index is 11.8. The Hall–Kier alpha value is -0.710. The van der Waals surface area contributed by atoms with Gasteiger partial charge in [-0.3, -0.25) is 14.3 Å². The fourth-order valence-corrected chi connectivity index (χ4v) is 2.81. The van der Waals surface area contributed by atoms with Crippen molar-refractivity contribution in [1.82, 2.24) is 9.55 Å². The number of alkyl halides is 1. The first-order chi connectivity index (χ1) is 8.99. The van der Waals surface area contributed by atoms with Crippen LogP contribution < -0.4 is 11.2 Å². The minimum absolute atomic E-state index is 0.236. The largest absolute Gasteiger partial charge is 0.394 e. The number of aliphatic hydroxyl groups is 2. The number of aromatic amines is 1. The molecule has 0 radical (unpaired) electrons. The summed E-state index contributed by atoms with van der Waals surface area (Å²) in [6.45, 7) is 1.56. The Labute approximate surface area is 122 Å². The third kappa shape index (κ3) is 2.62. The Morgan fingerprint density at radius 3 is 2.74 bits per heavy atom. The van der Waals surface area contributed by atoms with Crippen LogP contribution in [0.3, 0.4) is 0 Å². The van der Waals surface area contributed by atoms with Crippen LogP contribution in [0.5, 0.6) is 0 Å². The lowest BCUT2D eigenvalue weighted by atomic mass is 10.2. The predicted molar refractivity (Wildman–Crippen MR) is 75.5 cm³/mol. The standard InChI is InChI=1S/C11H15IN2O5/c1-2-5-3-14(11(18)13-9(5)17)10-8(16)7(12)6(4-15)19-10/h3,6-8,10,15-16H,2,4H2,1H3,(H,13,17,18)/t6-,7-,8-,10-/m1/s1. The van der Waals surface area contributed by atoms with Gasteiger partial charge in [0.05, 0.1) is 16.6 Å². The average molecular weight is 382 g/mol. The zero-order valence-corrected chi connectivity index (χ0v) is 12.4. The van der Waals surface area contributed by atoms with Crippen LogP contribution in [-0.4, -0.2) is 42.5 Å². The van der Waals surface area contributed by atoms with Gasteiger partial charge in [0.15, 0.2) is 6.23 Å². The molecule has 2 rings (SSSR count). The summed E-state index contributed by atoms with van der Waals surface area (Å²) in [6, 6.07) is 0. The molecule has 19 heavy (non-hydrogen) atoms. The number of nitrogens with one attached hydrogen (secondary N) is 1. The third-order valence-electron chi connectivity index (χ3n) is 3.16. The fraction of sp³-hybridized carbons (Fsp3) is 0.636. The molecule has 0 saturated carbocycles. The van der Waals surface area contributed by atoms with E-state index in [9.17, 15) is 14.7 Å². The van der Waals surface area contributed by atoms with E-state index in [1.54, 1.807) is 6.92 Å². The molecule has 1 saturated heterocycles. The van der Waals surface area contributed by atoms with Gasteiger partial charge in [0.25, 0.3) is 5.56 Å². The Morgan fingerprint density at radius 1 is 1.53 bits per heavy atom. The lowest BCUT2D eigenvalue weighted by Crippen LogP contribution is -2.37. The number of nitrogens with zero attached hydrogens (tertiary/aromatic N) is 1. The topological polar surface area (TPSA) is 105 Å². The number of rotatable bonds is 3. The maximum Gasteiger partial charge on any atom is 0.330 e. The van der Waals surface area contributed by atoms with E-state index in [0.29, 0.717) is 12.0 Å². The van der Waals surface area contributed by atoms with Gasteiger partial charge in [0.2, 0.25) is 0 Å². The molecule has 7 nitrogen and oxygen atoms in total. The monoisotopic (exact) mass is 382 g/mol. The van der Waals surface area contributed by atoms with Crippen LogP contribution >= 0.6 is 22.6 Å². The molecule has 2 heterocycles. The SMILES string of the molecule is CCc1cn([C@@H]2O[C@H](CO)[C@@H](I)[C@H]2O)c(=O)[nH]c1=O. The second-order valence-corrected chi connectivity index (χ2v) is 5.80. The van der Waals surface area contributed by atoms with Crippen molar-refractivity contribution in [3.63, 3.8) is 0 Å². The molecule has 106 valence electrons. The van der Waals surface area contributed by atoms with Crippen LogP contribution in [0, 0.1) is 0 Å². The number of hydrogen-bond donors (Lipinski definition) is 3. The van der Waals surface area contributed by atoms with Crippen molar-refractivity contribution < 1.29 is 14.9 Å². The van der Waals surface area contributed by atoms with Crippen molar-refractivity contribution in [1.29, 1.82) is 0 Å². The molecule has 1 aromatic rings. The molecule has 0 aliphatic carbocycles. The van der Waals surface area contributed by atoms with Gasteiger partial charge < -0.3 is 14.9 Å². The van der Waals surface area contributed by atoms with Crippen LogP contribution in [0.25, 0.3) is 0 Å². The molecule has 0 aromatic carbocycles. The third-order valence-corrected chi connectivity index (χ3v) is 4.70. The predicted octanol–water partition coefficient (Wildman–Crippen LogP) is -0.847. The summed E-state index contributed by atoms with van der Waals surface area (Å²) in [6.07, 6.45) is -0.488. The van der Waals surface area contributed by atoms with Gasteiger partial charge in [-0.05, 0) is 6.42 Å². The molecule has 4 atom stereocenters. The minimum Gasteiger partial charge on any atom is -0.394 e. The normalized spacial score (nSPS) is 30.7. The number of hydrogen-bond acceptors (Lipinski definition) is 5. The Bertz CT molecular complexity index is 569. The van der Waals surface area contributed by atoms with Gasteiger partial charge in [-0.2, -0.15) is 0 Å². The lowest BCUT2D eigenvalue weighted by Gasteiger charge is -2.17. The summed E-state index contributed by atoms with van der Waals surface area (Å²) in [5.41, 5.74) is -0.623. The van der Waals surface area contributed by atoms with E-state index < -0.39 is 29.7 Å². The first kappa shape index (κ1) is 14.7. The number of aliphatic hydroxyl groups excluding tert-OH is 2. The van der Waals surface area contributed by atoms with E-state index in [4.69, 9.17) is 9.84 Å². The summed E-state index contributed by atoms with van der Waals surface area (Å²) >= 11 is 1.98. The van der Waals surface area contributed by atoms with E-state index in [0.717, 1.165) is 0 Å². The summed E-state index contributed by atoms with van der Waals surface area (Å²) < 4.78 is 6.32. The second kappa shape index (κ2) is 5.73. The zero-order chi connectivity index (χ0) is 14.2. The molecule has 0 unspecified atom stereocenters. The number of aryl methyl sites for hydroxylation is 1. The molecule has 1 aliphatic heterocycles. The summed E-state index contributed by atoms with van der Waals surface area (Å²) in [4.78, 5) is 25.5. The van der Waals surface area contributed by atoms with Crippen LogP contribution in [0.15, 0.2) is 15.8 Å². The Balaban J connectivity index is 2.43. The quantitative estimate of drug-likeness (QED) is 0.467. The van der Waals surface area contributed by atoms with Gasteiger partial charge in [0.1, 0.15) is 6.10 Å². The van der Waals surface area contributed by atoms with Crippen LogP contribution in [0.2, 0.25) is 0 Å². The lowest BCUT2D eigenvalue weighted by molar-refractivity contribution is -0.0531. The molecule has 1 aliphatic rings. The number of H-pyrrole nitrogens is 1. The van der Waals surface area contributed by atoms with Crippen molar-refractivity contribution in [3.05, 3.63) is 32.6 Å². The Morgan fingerprint density at radius 2 is 2.21 bits per heavy atom. The van der Waals surface area contributed by atoms with Crippen LogP contribution in [0.1, 0.15) is 18.7 Å². The smallest absolute Gasteiger partial charge is 0.330 e. The molecule has 0 amide bonds. The van der Waals surface area contributed by atoms with Gasteiger partial charge in [0, 0.05) is 11.8 Å². The van der Waals surface area contributed by atoms with E-state index in [1.165, 1.54) is 10.8 Å². The van der Waals surface area contributed by atoms with Crippen molar-refractivity contribution in [2.45, 2.75) is 35.7 Å².